The van der Waals surface area contributed by atoms with Crippen LogP contribution in [0.15, 0.2) is 0 Å². The monoisotopic (exact) mass is 198 g/mol. The maximum atomic E-state index is 11.4. The molecule has 2 N–H and O–H groups in total. The highest BCUT2D eigenvalue weighted by Crippen LogP contribution is 2.22. The third kappa shape index (κ3) is 2.98. The summed E-state index contributed by atoms with van der Waals surface area (Å²) in [5, 5.41) is 0. The smallest absolute Gasteiger partial charge is 0.219 e. The lowest BCUT2D eigenvalue weighted by molar-refractivity contribution is -0.131. The summed E-state index contributed by atoms with van der Waals surface area (Å²) in [5.41, 5.74) is 5.84. The van der Waals surface area contributed by atoms with E-state index in [9.17, 15) is 4.79 Å². The fourth-order valence-electron chi connectivity index (χ4n) is 2.25. The standard InChI is InChI=1S/C11H22N2O/c1-3-8-13(9(2)14)11-6-4-10(12)5-7-11/h10-11H,3-8,12H2,1-2H3. The molecular formula is C11H22N2O. The van der Waals surface area contributed by atoms with Crippen LogP contribution in [0.5, 0.6) is 0 Å². The summed E-state index contributed by atoms with van der Waals surface area (Å²) in [4.78, 5) is 13.4. The molecule has 0 bridgehead atoms. The van der Waals surface area contributed by atoms with Crippen molar-refractivity contribution >= 4 is 5.91 Å². The number of carbonyl (C=O) groups excluding carboxylic acids is 1. The van der Waals surface area contributed by atoms with E-state index in [0.29, 0.717) is 12.1 Å². The third-order valence-corrected chi connectivity index (χ3v) is 3.05. The Labute approximate surface area is 86.6 Å². The third-order valence-electron chi connectivity index (χ3n) is 3.05. The molecule has 0 aromatic carbocycles. The van der Waals surface area contributed by atoms with Crippen LogP contribution < -0.4 is 5.73 Å². The number of nitrogens with two attached hydrogens (primary N) is 1. The molecule has 1 amide bonds. The molecule has 14 heavy (non-hydrogen) atoms. The van der Waals surface area contributed by atoms with Crippen LogP contribution in [-0.4, -0.2) is 29.4 Å². The van der Waals surface area contributed by atoms with Crippen LogP contribution >= 0.6 is 0 Å². The molecule has 1 fully saturated rings. The number of hydrogen-bond donors (Lipinski definition) is 1. The maximum Gasteiger partial charge on any atom is 0.219 e. The zero-order valence-corrected chi connectivity index (χ0v) is 9.33. The van der Waals surface area contributed by atoms with Crippen molar-refractivity contribution in [3.63, 3.8) is 0 Å². The lowest BCUT2D eigenvalue weighted by Gasteiger charge is -2.35. The van der Waals surface area contributed by atoms with Gasteiger partial charge >= 0.3 is 0 Å². The summed E-state index contributed by atoms with van der Waals surface area (Å²) in [5.74, 6) is 0.215. The highest BCUT2D eigenvalue weighted by Gasteiger charge is 2.24. The lowest BCUT2D eigenvalue weighted by atomic mass is 9.90. The molecule has 3 heteroatoms. The van der Waals surface area contributed by atoms with Gasteiger partial charge in [0.15, 0.2) is 0 Å². The largest absolute Gasteiger partial charge is 0.340 e. The maximum absolute atomic E-state index is 11.4. The Hall–Kier alpha value is -0.570. The van der Waals surface area contributed by atoms with Gasteiger partial charge in [-0.1, -0.05) is 6.92 Å². The van der Waals surface area contributed by atoms with Crippen molar-refractivity contribution in [2.24, 2.45) is 5.73 Å². The van der Waals surface area contributed by atoms with Gasteiger partial charge in [0.1, 0.15) is 0 Å². The SMILES string of the molecule is CCCN(C(C)=O)C1CCC(N)CC1. The number of nitrogens with zero attached hydrogens (tertiary/aromatic N) is 1. The lowest BCUT2D eigenvalue weighted by Crippen LogP contribution is -2.43. The fraction of sp³-hybridized carbons (Fsp3) is 0.909. The molecule has 3 nitrogen and oxygen atoms in total. The Kier molecular flexibility index (Phi) is 4.39. The van der Waals surface area contributed by atoms with Crippen molar-refractivity contribution in [2.45, 2.75) is 58.0 Å². The minimum Gasteiger partial charge on any atom is -0.340 e. The molecular weight excluding hydrogens is 176 g/mol. The van der Waals surface area contributed by atoms with E-state index in [-0.39, 0.29) is 5.91 Å². The Bertz CT molecular complexity index is 186. The minimum absolute atomic E-state index is 0.215. The van der Waals surface area contributed by atoms with Crippen LogP contribution in [0.4, 0.5) is 0 Å². The molecule has 1 rings (SSSR count). The quantitative estimate of drug-likeness (QED) is 0.747. The zero-order valence-electron chi connectivity index (χ0n) is 9.33. The molecule has 0 unspecified atom stereocenters. The van der Waals surface area contributed by atoms with Crippen molar-refractivity contribution in [1.82, 2.24) is 4.90 Å². The molecule has 0 aliphatic heterocycles. The molecule has 82 valence electrons. The number of amides is 1. The van der Waals surface area contributed by atoms with Crippen LogP contribution in [0.3, 0.4) is 0 Å². The molecule has 0 atom stereocenters. The molecule has 0 heterocycles. The van der Waals surface area contributed by atoms with Gasteiger partial charge in [-0.3, -0.25) is 4.79 Å². The van der Waals surface area contributed by atoms with Crippen molar-refractivity contribution in [1.29, 1.82) is 0 Å². The predicted octanol–water partition coefficient (Wildman–Crippen LogP) is 1.51. The van der Waals surface area contributed by atoms with Gasteiger partial charge < -0.3 is 10.6 Å². The Morgan fingerprint density at radius 3 is 2.36 bits per heavy atom. The van der Waals surface area contributed by atoms with Gasteiger partial charge in [-0.2, -0.15) is 0 Å². The number of hydrogen-bond acceptors (Lipinski definition) is 2. The van der Waals surface area contributed by atoms with E-state index in [2.05, 4.69) is 6.92 Å². The average Bonchev–Trinajstić information content (AvgIpc) is 2.15. The van der Waals surface area contributed by atoms with E-state index in [1.807, 2.05) is 4.90 Å². The Morgan fingerprint density at radius 1 is 1.36 bits per heavy atom. The van der Waals surface area contributed by atoms with Gasteiger partial charge in [0.2, 0.25) is 5.91 Å². The first-order valence-corrected chi connectivity index (χ1v) is 5.68. The summed E-state index contributed by atoms with van der Waals surface area (Å²) in [6.45, 7) is 4.68. The first kappa shape index (κ1) is 11.5. The van der Waals surface area contributed by atoms with E-state index in [0.717, 1.165) is 38.6 Å². The highest BCUT2D eigenvalue weighted by atomic mass is 16.2. The number of carbonyl (C=O) groups is 1. The van der Waals surface area contributed by atoms with Gasteiger partial charge in [0, 0.05) is 25.6 Å². The Morgan fingerprint density at radius 2 is 1.93 bits per heavy atom. The summed E-state index contributed by atoms with van der Waals surface area (Å²) in [6, 6.07) is 0.814. The van der Waals surface area contributed by atoms with Crippen molar-refractivity contribution in [3.05, 3.63) is 0 Å². The van der Waals surface area contributed by atoms with Crippen molar-refractivity contribution < 1.29 is 4.79 Å². The van der Waals surface area contributed by atoms with E-state index < -0.39 is 0 Å². The summed E-state index contributed by atoms with van der Waals surface area (Å²) in [6.07, 6.45) is 5.35. The second-order valence-corrected chi connectivity index (χ2v) is 4.28. The van der Waals surface area contributed by atoms with Gasteiger partial charge in [0.25, 0.3) is 0 Å². The second kappa shape index (κ2) is 5.35. The molecule has 0 radical (unpaired) electrons. The van der Waals surface area contributed by atoms with E-state index in [1.165, 1.54) is 0 Å². The van der Waals surface area contributed by atoms with Gasteiger partial charge in [-0.15, -0.1) is 0 Å². The van der Waals surface area contributed by atoms with Gasteiger partial charge in [-0.05, 0) is 32.1 Å². The first-order valence-electron chi connectivity index (χ1n) is 5.68. The summed E-state index contributed by atoms with van der Waals surface area (Å²) >= 11 is 0. The van der Waals surface area contributed by atoms with Gasteiger partial charge in [0.05, 0.1) is 0 Å². The molecule has 0 aromatic rings. The van der Waals surface area contributed by atoms with Crippen LogP contribution in [0.2, 0.25) is 0 Å². The zero-order chi connectivity index (χ0) is 10.6. The van der Waals surface area contributed by atoms with Crippen LogP contribution in [-0.2, 0) is 4.79 Å². The molecule has 1 aliphatic rings. The van der Waals surface area contributed by atoms with Crippen molar-refractivity contribution in [2.75, 3.05) is 6.54 Å². The molecule has 0 saturated heterocycles. The highest BCUT2D eigenvalue weighted by molar-refractivity contribution is 5.73. The van der Waals surface area contributed by atoms with E-state index in [4.69, 9.17) is 5.73 Å². The van der Waals surface area contributed by atoms with Crippen LogP contribution in [0.1, 0.15) is 46.0 Å². The topological polar surface area (TPSA) is 46.3 Å². The molecule has 0 spiro atoms. The Balaban J connectivity index is 2.47. The molecule has 1 aliphatic carbocycles. The predicted molar refractivity (Wildman–Crippen MR) is 57.9 cm³/mol. The van der Waals surface area contributed by atoms with Crippen LogP contribution in [0.25, 0.3) is 0 Å². The minimum atomic E-state index is 0.215. The number of rotatable bonds is 3. The second-order valence-electron chi connectivity index (χ2n) is 4.28. The van der Waals surface area contributed by atoms with Gasteiger partial charge in [-0.25, -0.2) is 0 Å². The van der Waals surface area contributed by atoms with Crippen molar-refractivity contribution in [3.8, 4) is 0 Å². The first-order chi connectivity index (χ1) is 6.65. The molecule has 0 aromatic heterocycles. The van der Waals surface area contributed by atoms with Crippen LogP contribution in [0, 0.1) is 0 Å². The summed E-state index contributed by atoms with van der Waals surface area (Å²) < 4.78 is 0. The normalized spacial score (nSPS) is 27.4. The fourth-order valence-corrected chi connectivity index (χ4v) is 2.25. The average molecular weight is 198 g/mol. The van der Waals surface area contributed by atoms with E-state index >= 15 is 0 Å². The van der Waals surface area contributed by atoms with E-state index in [1.54, 1.807) is 6.92 Å². The summed E-state index contributed by atoms with van der Waals surface area (Å²) in [7, 11) is 0. The molecule has 1 saturated carbocycles.